The number of fused-ring (bicyclic) bond motifs is 4. The van der Waals surface area contributed by atoms with Crippen molar-refractivity contribution in [1.29, 1.82) is 0 Å². The molecular formula is C26H25F2N3O2. The van der Waals surface area contributed by atoms with Crippen LogP contribution in [0.15, 0.2) is 36.5 Å². The lowest BCUT2D eigenvalue weighted by Gasteiger charge is -2.52. The molecule has 0 saturated heterocycles. The second-order valence-corrected chi connectivity index (χ2v) is 10.0. The molecule has 7 heteroatoms. The summed E-state index contributed by atoms with van der Waals surface area (Å²) in [7, 11) is 0. The van der Waals surface area contributed by atoms with Crippen LogP contribution in [0.3, 0.4) is 0 Å². The summed E-state index contributed by atoms with van der Waals surface area (Å²) in [4.78, 5) is 11.6. The first kappa shape index (κ1) is 20.4. The van der Waals surface area contributed by atoms with Crippen molar-refractivity contribution in [1.82, 2.24) is 14.8 Å². The number of H-pyrrole nitrogens is 1. The second-order valence-electron chi connectivity index (χ2n) is 10.0. The number of aliphatic carboxylic acids is 1. The molecule has 2 aromatic carbocycles. The highest BCUT2D eigenvalue weighted by molar-refractivity contribution is 5.99. The van der Waals surface area contributed by atoms with Crippen molar-refractivity contribution >= 4 is 27.8 Å². The summed E-state index contributed by atoms with van der Waals surface area (Å²) in [5.74, 6) is -1.66. The normalized spacial score (nSPS) is 24.5. The zero-order chi connectivity index (χ0) is 23.0. The van der Waals surface area contributed by atoms with Crippen molar-refractivity contribution in [2.24, 2.45) is 17.8 Å². The van der Waals surface area contributed by atoms with Crippen LogP contribution in [-0.2, 0) is 4.79 Å². The second kappa shape index (κ2) is 7.14. The van der Waals surface area contributed by atoms with Crippen molar-refractivity contribution in [3.05, 3.63) is 59.4 Å². The maximum Gasteiger partial charge on any atom is 0.306 e. The summed E-state index contributed by atoms with van der Waals surface area (Å²) >= 11 is 0. The molecule has 2 aliphatic carbocycles. The number of nitrogens with zero attached hydrogens (tertiary/aromatic N) is 2. The average molecular weight is 450 g/mol. The highest BCUT2D eigenvalue weighted by Crippen LogP contribution is 2.60. The molecule has 4 aromatic rings. The summed E-state index contributed by atoms with van der Waals surface area (Å²) in [6.07, 6.45) is 4.20. The zero-order valence-corrected chi connectivity index (χ0v) is 18.5. The largest absolute Gasteiger partial charge is 0.481 e. The minimum absolute atomic E-state index is 0.133. The molecule has 170 valence electrons. The summed E-state index contributed by atoms with van der Waals surface area (Å²) in [5, 5.41) is 18.8. The topological polar surface area (TPSA) is 70.9 Å². The summed E-state index contributed by atoms with van der Waals surface area (Å²) in [6.45, 7) is 4.24. The van der Waals surface area contributed by atoms with Gasteiger partial charge >= 0.3 is 5.97 Å². The fourth-order valence-corrected chi connectivity index (χ4v) is 6.45. The van der Waals surface area contributed by atoms with E-state index in [1.165, 1.54) is 17.7 Å². The van der Waals surface area contributed by atoms with Gasteiger partial charge in [-0.15, -0.1) is 0 Å². The number of aromatic amines is 1. The maximum absolute atomic E-state index is 14.3. The van der Waals surface area contributed by atoms with Crippen LogP contribution in [0.1, 0.15) is 56.2 Å². The SMILES string of the molecule is CC(C)c1c(C2C3CC(C(=O)O)CC2C3)c2cc3[nH]ncc3cc2n1-c1ccc(F)c(F)c1. The van der Waals surface area contributed by atoms with Crippen molar-refractivity contribution < 1.29 is 18.7 Å². The van der Waals surface area contributed by atoms with Crippen LogP contribution in [0.4, 0.5) is 8.78 Å². The van der Waals surface area contributed by atoms with Gasteiger partial charge in [-0.3, -0.25) is 9.89 Å². The van der Waals surface area contributed by atoms with Gasteiger partial charge in [-0.2, -0.15) is 5.10 Å². The van der Waals surface area contributed by atoms with Gasteiger partial charge < -0.3 is 9.67 Å². The molecule has 2 N–H and O–H groups in total. The van der Waals surface area contributed by atoms with Gasteiger partial charge in [0.2, 0.25) is 0 Å². The molecule has 5 nitrogen and oxygen atoms in total. The molecule has 2 atom stereocenters. The van der Waals surface area contributed by atoms with Crippen LogP contribution in [-0.4, -0.2) is 25.8 Å². The van der Waals surface area contributed by atoms with Crippen molar-refractivity contribution in [2.75, 3.05) is 0 Å². The molecule has 0 aliphatic heterocycles. The minimum Gasteiger partial charge on any atom is -0.481 e. The minimum atomic E-state index is -0.875. The van der Waals surface area contributed by atoms with Gasteiger partial charge in [0.15, 0.2) is 11.6 Å². The Kier molecular flexibility index (Phi) is 4.41. The lowest BCUT2D eigenvalue weighted by molar-refractivity contribution is -0.147. The lowest BCUT2D eigenvalue weighted by Crippen LogP contribution is -2.44. The Labute approximate surface area is 189 Å². The standard InChI is InChI=1S/C26H25F2N3O2/c1-12(2)25-24(23-13-5-14(23)7-15(6-13)26(32)33)18-10-21-16(11-29-30-21)8-22(18)31(25)17-3-4-19(27)20(28)9-17/h3-4,8-15,23H,5-7H2,1-2H3,(H,29,30)(H,32,33). The van der Waals surface area contributed by atoms with E-state index in [4.69, 9.17) is 0 Å². The van der Waals surface area contributed by atoms with Crippen LogP contribution in [0.5, 0.6) is 0 Å². The van der Waals surface area contributed by atoms with E-state index in [9.17, 15) is 18.7 Å². The number of carboxylic acid groups (broad SMARTS) is 1. The molecule has 2 aliphatic rings. The molecule has 2 bridgehead atoms. The Morgan fingerprint density at radius 2 is 1.88 bits per heavy atom. The molecule has 2 heterocycles. The fraction of sp³-hybridized carbons (Fsp3) is 0.385. The van der Waals surface area contributed by atoms with Gasteiger partial charge in [0.05, 0.1) is 23.1 Å². The van der Waals surface area contributed by atoms with Gasteiger partial charge in [-0.1, -0.05) is 13.8 Å². The Balaban J connectivity index is 1.63. The van der Waals surface area contributed by atoms with Crippen molar-refractivity contribution in [2.45, 2.75) is 44.9 Å². The van der Waals surface area contributed by atoms with E-state index >= 15 is 0 Å². The quantitative estimate of drug-likeness (QED) is 0.394. The van der Waals surface area contributed by atoms with E-state index in [1.807, 2.05) is 0 Å². The Morgan fingerprint density at radius 1 is 1.12 bits per heavy atom. The highest BCUT2D eigenvalue weighted by atomic mass is 19.2. The summed E-state index contributed by atoms with van der Waals surface area (Å²) in [5.41, 5.74) is 4.77. The third kappa shape index (κ3) is 2.94. The molecule has 2 fully saturated rings. The van der Waals surface area contributed by atoms with Gasteiger partial charge in [0.1, 0.15) is 0 Å². The van der Waals surface area contributed by atoms with E-state index in [2.05, 4.69) is 40.7 Å². The van der Waals surface area contributed by atoms with Gasteiger partial charge in [-0.05, 0) is 72.8 Å². The van der Waals surface area contributed by atoms with Gasteiger partial charge in [0.25, 0.3) is 0 Å². The van der Waals surface area contributed by atoms with E-state index in [1.54, 1.807) is 12.3 Å². The van der Waals surface area contributed by atoms with Gasteiger partial charge in [0, 0.05) is 28.2 Å². The maximum atomic E-state index is 14.3. The first-order chi connectivity index (χ1) is 15.8. The first-order valence-electron chi connectivity index (χ1n) is 11.5. The third-order valence-corrected chi connectivity index (χ3v) is 7.79. The number of nitrogens with one attached hydrogen (secondary N) is 1. The molecule has 0 spiro atoms. The van der Waals surface area contributed by atoms with Gasteiger partial charge in [-0.25, -0.2) is 8.78 Å². The zero-order valence-electron chi connectivity index (χ0n) is 18.5. The first-order valence-corrected chi connectivity index (χ1v) is 11.5. The molecule has 2 unspecified atom stereocenters. The Morgan fingerprint density at radius 3 is 2.55 bits per heavy atom. The van der Waals surface area contributed by atoms with Crippen LogP contribution >= 0.6 is 0 Å². The number of rotatable bonds is 4. The number of hydrogen-bond acceptors (Lipinski definition) is 2. The number of carboxylic acids is 1. The number of hydrogen-bond donors (Lipinski definition) is 2. The summed E-state index contributed by atoms with van der Waals surface area (Å²) in [6, 6.07) is 8.21. The molecule has 6 rings (SSSR count). The van der Waals surface area contributed by atoms with E-state index in [0.717, 1.165) is 33.9 Å². The smallest absolute Gasteiger partial charge is 0.306 e. The Bertz CT molecular complexity index is 1410. The number of benzene rings is 2. The van der Waals surface area contributed by atoms with E-state index < -0.39 is 17.6 Å². The molecule has 2 saturated carbocycles. The van der Waals surface area contributed by atoms with Crippen LogP contribution in [0.25, 0.3) is 27.5 Å². The number of halogens is 2. The molecular weight excluding hydrogens is 424 g/mol. The predicted molar refractivity (Wildman–Crippen MR) is 122 cm³/mol. The average Bonchev–Trinajstić information content (AvgIpc) is 3.36. The van der Waals surface area contributed by atoms with Crippen molar-refractivity contribution in [3.8, 4) is 5.69 Å². The Hall–Kier alpha value is -3.22. The lowest BCUT2D eigenvalue weighted by atomic mass is 9.52. The third-order valence-electron chi connectivity index (χ3n) is 7.79. The molecule has 2 aromatic heterocycles. The molecule has 0 amide bonds. The van der Waals surface area contributed by atoms with Crippen molar-refractivity contribution in [3.63, 3.8) is 0 Å². The number of aromatic nitrogens is 3. The molecule has 0 radical (unpaired) electrons. The fourth-order valence-electron chi connectivity index (χ4n) is 6.45. The predicted octanol–water partition coefficient (Wildman–Crippen LogP) is 6.12. The van der Waals surface area contributed by atoms with E-state index in [-0.39, 0.29) is 17.8 Å². The summed E-state index contributed by atoms with van der Waals surface area (Å²) < 4.78 is 30.1. The van der Waals surface area contributed by atoms with Crippen LogP contribution in [0.2, 0.25) is 0 Å². The molecule has 33 heavy (non-hydrogen) atoms. The van der Waals surface area contributed by atoms with Crippen LogP contribution < -0.4 is 0 Å². The van der Waals surface area contributed by atoms with E-state index in [0.29, 0.717) is 30.4 Å². The monoisotopic (exact) mass is 449 g/mol. The number of carbonyl (C=O) groups is 1. The van der Waals surface area contributed by atoms with Crippen LogP contribution in [0, 0.1) is 29.4 Å². The highest BCUT2D eigenvalue weighted by Gasteiger charge is 2.51.